The minimum atomic E-state index is 0. The summed E-state index contributed by atoms with van der Waals surface area (Å²) in [6.07, 6.45) is 7.02. The van der Waals surface area contributed by atoms with Gasteiger partial charge in [0.1, 0.15) is 0 Å². The van der Waals surface area contributed by atoms with Crippen LogP contribution in [0.4, 0.5) is 0 Å². The average Bonchev–Trinajstić information content (AvgIpc) is 2.20. The van der Waals surface area contributed by atoms with Crippen LogP contribution in [-0.4, -0.2) is 36.6 Å². The predicted octanol–water partition coefficient (Wildman–Crippen LogP) is 2.03. The van der Waals surface area contributed by atoms with Gasteiger partial charge in [0.2, 0.25) is 0 Å². The first-order valence-electron chi connectivity index (χ1n) is 5.84. The Bertz CT molecular complexity index is 157. The van der Waals surface area contributed by atoms with E-state index in [-0.39, 0.29) is 12.4 Å². The molecule has 2 rings (SSSR count). The molecule has 2 nitrogen and oxygen atoms in total. The van der Waals surface area contributed by atoms with E-state index in [9.17, 15) is 0 Å². The Balaban J connectivity index is 0.000000980. The quantitative estimate of drug-likeness (QED) is 0.725. The molecule has 2 saturated heterocycles. The number of nitrogens with zero attached hydrogens (tertiary/aromatic N) is 1. The van der Waals surface area contributed by atoms with Crippen LogP contribution < -0.4 is 5.32 Å². The van der Waals surface area contributed by atoms with Crippen LogP contribution in [0.3, 0.4) is 0 Å². The second-order valence-corrected chi connectivity index (χ2v) is 4.56. The normalized spacial score (nSPS) is 31.1. The van der Waals surface area contributed by atoms with Crippen molar-refractivity contribution in [3.8, 4) is 0 Å². The SMILES string of the molecule is CC1CCCCN1C1CCNCC1.Cl. The van der Waals surface area contributed by atoms with Gasteiger partial charge in [0.15, 0.2) is 0 Å². The maximum Gasteiger partial charge on any atom is 0.0122 e. The third-order valence-corrected chi connectivity index (χ3v) is 3.63. The van der Waals surface area contributed by atoms with Gasteiger partial charge in [0, 0.05) is 12.1 Å². The lowest BCUT2D eigenvalue weighted by molar-refractivity contribution is 0.0859. The fourth-order valence-corrected chi connectivity index (χ4v) is 2.80. The highest BCUT2D eigenvalue weighted by Gasteiger charge is 2.26. The van der Waals surface area contributed by atoms with Crippen LogP contribution in [0.1, 0.15) is 39.0 Å². The highest BCUT2D eigenvalue weighted by Crippen LogP contribution is 2.22. The second kappa shape index (κ2) is 5.94. The lowest BCUT2D eigenvalue weighted by atomic mass is 9.97. The van der Waals surface area contributed by atoms with Crippen molar-refractivity contribution in [2.24, 2.45) is 0 Å². The minimum Gasteiger partial charge on any atom is -0.317 e. The van der Waals surface area contributed by atoms with Crippen molar-refractivity contribution >= 4 is 12.4 Å². The van der Waals surface area contributed by atoms with E-state index in [2.05, 4.69) is 17.1 Å². The van der Waals surface area contributed by atoms with Crippen molar-refractivity contribution in [2.45, 2.75) is 51.1 Å². The predicted molar refractivity (Wildman–Crippen MR) is 63.2 cm³/mol. The monoisotopic (exact) mass is 218 g/mol. The van der Waals surface area contributed by atoms with E-state index in [4.69, 9.17) is 0 Å². The summed E-state index contributed by atoms with van der Waals surface area (Å²) in [7, 11) is 0. The van der Waals surface area contributed by atoms with E-state index in [1.54, 1.807) is 0 Å². The number of rotatable bonds is 1. The standard InChI is InChI=1S/C11H22N2.ClH/c1-10-4-2-3-9-13(10)11-5-7-12-8-6-11;/h10-12H,2-9H2,1H3;1H. The Hall–Kier alpha value is 0.210. The molecular formula is C11H23ClN2. The summed E-state index contributed by atoms with van der Waals surface area (Å²) < 4.78 is 0. The van der Waals surface area contributed by atoms with Gasteiger partial charge in [-0.3, -0.25) is 4.90 Å². The molecule has 0 radical (unpaired) electrons. The first-order chi connectivity index (χ1) is 6.38. The van der Waals surface area contributed by atoms with Crippen molar-refractivity contribution in [2.75, 3.05) is 19.6 Å². The Labute approximate surface area is 93.8 Å². The second-order valence-electron chi connectivity index (χ2n) is 4.56. The molecule has 84 valence electrons. The summed E-state index contributed by atoms with van der Waals surface area (Å²) in [5, 5.41) is 3.44. The number of halogens is 1. The first-order valence-corrected chi connectivity index (χ1v) is 5.84. The molecule has 3 heteroatoms. The van der Waals surface area contributed by atoms with Gasteiger partial charge in [0.05, 0.1) is 0 Å². The first kappa shape index (κ1) is 12.3. The Morgan fingerprint density at radius 3 is 2.43 bits per heavy atom. The zero-order chi connectivity index (χ0) is 9.10. The molecule has 0 bridgehead atoms. The number of likely N-dealkylation sites (tertiary alicyclic amines) is 1. The third-order valence-electron chi connectivity index (χ3n) is 3.63. The van der Waals surface area contributed by atoms with Crippen LogP contribution in [0.5, 0.6) is 0 Å². The Kier molecular flexibility index (Phi) is 5.21. The smallest absolute Gasteiger partial charge is 0.0122 e. The molecule has 2 fully saturated rings. The van der Waals surface area contributed by atoms with E-state index >= 15 is 0 Å². The summed E-state index contributed by atoms with van der Waals surface area (Å²) in [6, 6.07) is 1.73. The lowest BCUT2D eigenvalue weighted by Crippen LogP contribution is -2.49. The molecule has 14 heavy (non-hydrogen) atoms. The summed E-state index contributed by atoms with van der Waals surface area (Å²) in [5.74, 6) is 0. The van der Waals surface area contributed by atoms with Gasteiger partial charge in [-0.25, -0.2) is 0 Å². The van der Waals surface area contributed by atoms with Crippen LogP contribution in [0.25, 0.3) is 0 Å². The van der Waals surface area contributed by atoms with Crippen LogP contribution in [-0.2, 0) is 0 Å². The summed E-state index contributed by atoms with van der Waals surface area (Å²) in [6.45, 7) is 6.22. The third kappa shape index (κ3) is 2.85. The van der Waals surface area contributed by atoms with E-state index in [1.165, 1.54) is 51.7 Å². The molecule has 0 saturated carbocycles. The molecule has 0 aromatic carbocycles. The Morgan fingerprint density at radius 1 is 1.07 bits per heavy atom. The van der Waals surface area contributed by atoms with Gasteiger partial charge in [-0.15, -0.1) is 12.4 Å². The summed E-state index contributed by atoms with van der Waals surface area (Å²) in [4.78, 5) is 2.75. The van der Waals surface area contributed by atoms with E-state index in [0.717, 1.165) is 12.1 Å². The number of hydrogen-bond donors (Lipinski definition) is 1. The molecule has 1 atom stereocenters. The van der Waals surface area contributed by atoms with Gasteiger partial charge in [-0.2, -0.15) is 0 Å². The maximum atomic E-state index is 3.44. The highest BCUT2D eigenvalue weighted by atomic mass is 35.5. The summed E-state index contributed by atoms with van der Waals surface area (Å²) in [5.41, 5.74) is 0. The lowest BCUT2D eigenvalue weighted by Gasteiger charge is -2.41. The number of hydrogen-bond acceptors (Lipinski definition) is 2. The molecule has 2 heterocycles. The molecule has 1 N–H and O–H groups in total. The fourth-order valence-electron chi connectivity index (χ4n) is 2.80. The van der Waals surface area contributed by atoms with Gasteiger partial charge >= 0.3 is 0 Å². The Morgan fingerprint density at radius 2 is 1.79 bits per heavy atom. The van der Waals surface area contributed by atoms with Gasteiger partial charge in [-0.05, 0) is 52.2 Å². The van der Waals surface area contributed by atoms with Crippen molar-refractivity contribution in [1.82, 2.24) is 10.2 Å². The minimum absolute atomic E-state index is 0. The van der Waals surface area contributed by atoms with Crippen LogP contribution in [0.15, 0.2) is 0 Å². The van der Waals surface area contributed by atoms with Crippen molar-refractivity contribution < 1.29 is 0 Å². The molecule has 2 aliphatic heterocycles. The zero-order valence-electron chi connectivity index (χ0n) is 9.17. The van der Waals surface area contributed by atoms with Crippen molar-refractivity contribution in [3.63, 3.8) is 0 Å². The van der Waals surface area contributed by atoms with E-state index in [1.807, 2.05) is 0 Å². The van der Waals surface area contributed by atoms with Crippen molar-refractivity contribution in [1.29, 1.82) is 0 Å². The largest absolute Gasteiger partial charge is 0.317 e. The average molecular weight is 219 g/mol. The molecule has 0 spiro atoms. The topological polar surface area (TPSA) is 15.3 Å². The zero-order valence-corrected chi connectivity index (χ0v) is 9.98. The number of nitrogens with one attached hydrogen (secondary N) is 1. The van der Waals surface area contributed by atoms with Crippen molar-refractivity contribution in [3.05, 3.63) is 0 Å². The van der Waals surface area contributed by atoms with Gasteiger partial charge in [-0.1, -0.05) is 6.42 Å². The molecule has 0 aromatic heterocycles. The molecule has 2 aliphatic rings. The van der Waals surface area contributed by atoms with Gasteiger partial charge < -0.3 is 5.32 Å². The maximum absolute atomic E-state index is 3.44. The highest BCUT2D eigenvalue weighted by molar-refractivity contribution is 5.85. The summed E-state index contributed by atoms with van der Waals surface area (Å²) >= 11 is 0. The van der Waals surface area contributed by atoms with Crippen LogP contribution in [0, 0.1) is 0 Å². The fraction of sp³-hybridized carbons (Fsp3) is 1.00. The van der Waals surface area contributed by atoms with E-state index < -0.39 is 0 Å². The van der Waals surface area contributed by atoms with Gasteiger partial charge in [0.25, 0.3) is 0 Å². The molecule has 0 amide bonds. The van der Waals surface area contributed by atoms with Crippen LogP contribution >= 0.6 is 12.4 Å². The van der Waals surface area contributed by atoms with Crippen LogP contribution in [0.2, 0.25) is 0 Å². The number of piperidine rings is 2. The molecule has 0 aliphatic carbocycles. The molecule has 0 aromatic rings. The van der Waals surface area contributed by atoms with E-state index in [0.29, 0.717) is 0 Å². The molecule has 1 unspecified atom stereocenters. The molecular weight excluding hydrogens is 196 g/mol.